The van der Waals surface area contributed by atoms with Crippen LogP contribution >= 0.6 is 0 Å². The van der Waals surface area contributed by atoms with Crippen LogP contribution < -0.4 is 5.73 Å². The normalized spacial score (nSPS) is 19.5. The van der Waals surface area contributed by atoms with Crippen LogP contribution in [0.4, 0.5) is 0 Å². The molecule has 1 unspecified atom stereocenters. The number of imidazole rings is 1. The highest BCUT2D eigenvalue weighted by Gasteiger charge is 2.27. The monoisotopic (exact) mass is 258 g/mol. The molecule has 0 bridgehead atoms. The minimum Gasteiger partial charge on any atom is -0.342 e. The zero-order valence-electron chi connectivity index (χ0n) is 10.8. The van der Waals surface area contributed by atoms with E-state index >= 15 is 0 Å². The lowest BCUT2D eigenvalue weighted by Gasteiger charge is -2.16. The molecule has 100 valence electrons. The number of carbonyl (C=O) groups excluding carboxylic acids is 1. The number of nitrogens with zero attached hydrogens (tertiary/aromatic N) is 3. The second kappa shape index (κ2) is 5.01. The number of aromatic nitrogens is 2. The van der Waals surface area contributed by atoms with E-state index in [-0.39, 0.29) is 5.91 Å². The third-order valence-corrected chi connectivity index (χ3v) is 3.75. The third-order valence-electron chi connectivity index (χ3n) is 3.75. The van der Waals surface area contributed by atoms with Crippen molar-refractivity contribution in [2.24, 2.45) is 11.7 Å². The van der Waals surface area contributed by atoms with E-state index in [0.717, 1.165) is 25.2 Å². The first-order valence-electron chi connectivity index (χ1n) is 6.65. The predicted molar refractivity (Wildman–Crippen MR) is 72.6 cm³/mol. The van der Waals surface area contributed by atoms with Crippen LogP contribution in [0.3, 0.4) is 0 Å². The summed E-state index contributed by atoms with van der Waals surface area (Å²) in [5.74, 6) is 0.572. The lowest BCUT2D eigenvalue weighted by molar-refractivity contribution is -0.127. The molecule has 19 heavy (non-hydrogen) atoms. The summed E-state index contributed by atoms with van der Waals surface area (Å²) < 4.78 is 2.00. The van der Waals surface area contributed by atoms with E-state index in [9.17, 15) is 4.79 Å². The number of pyridine rings is 1. The van der Waals surface area contributed by atoms with Crippen LogP contribution in [0.15, 0.2) is 30.7 Å². The topological polar surface area (TPSA) is 63.6 Å². The van der Waals surface area contributed by atoms with E-state index in [1.54, 1.807) is 6.20 Å². The molecular formula is C14H18N4O. The van der Waals surface area contributed by atoms with Crippen LogP contribution in [-0.2, 0) is 11.2 Å². The molecule has 2 N–H and O–H groups in total. The molecular weight excluding hydrogens is 240 g/mol. The van der Waals surface area contributed by atoms with Crippen molar-refractivity contribution in [1.82, 2.24) is 14.3 Å². The van der Waals surface area contributed by atoms with Gasteiger partial charge in [0.15, 0.2) is 0 Å². The Hall–Kier alpha value is -1.88. The molecule has 1 aliphatic rings. The Morgan fingerprint density at radius 3 is 3.11 bits per heavy atom. The second-order valence-electron chi connectivity index (χ2n) is 5.13. The number of rotatable bonds is 4. The van der Waals surface area contributed by atoms with E-state index in [2.05, 4.69) is 17.2 Å². The first-order valence-corrected chi connectivity index (χ1v) is 6.65. The maximum Gasteiger partial charge on any atom is 0.222 e. The van der Waals surface area contributed by atoms with E-state index in [4.69, 9.17) is 5.73 Å². The Bertz CT molecular complexity index is 592. The minimum atomic E-state index is 0.235. The highest BCUT2D eigenvalue weighted by Crippen LogP contribution is 2.17. The van der Waals surface area contributed by atoms with E-state index in [0.29, 0.717) is 18.9 Å². The van der Waals surface area contributed by atoms with Gasteiger partial charge in [-0.05, 0) is 30.5 Å². The Labute approximate surface area is 112 Å². The lowest BCUT2D eigenvalue weighted by atomic mass is 10.1. The molecule has 2 aromatic heterocycles. The van der Waals surface area contributed by atoms with Gasteiger partial charge in [-0.2, -0.15) is 0 Å². The first kappa shape index (κ1) is 12.2. The van der Waals surface area contributed by atoms with Gasteiger partial charge in [-0.1, -0.05) is 6.07 Å². The summed E-state index contributed by atoms with van der Waals surface area (Å²) in [5, 5.41) is 0. The SMILES string of the molecule is NCC1CC(=O)N(CCc2ccc3nccn3c2)C1. The Balaban J connectivity index is 1.64. The van der Waals surface area contributed by atoms with Gasteiger partial charge in [-0.3, -0.25) is 4.79 Å². The van der Waals surface area contributed by atoms with E-state index in [1.807, 2.05) is 21.6 Å². The van der Waals surface area contributed by atoms with Gasteiger partial charge >= 0.3 is 0 Å². The van der Waals surface area contributed by atoms with Crippen molar-refractivity contribution < 1.29 is 4.79 Å². The third kappa shape index (κ3) is 2.46. The number of carbonyl (C=O) groups is 1. The molecule has 1 fully saturated rings. The molecule has 1 aliphatic heterocycles. The van der Waals surface area contributed by atoms with Crippen LogP contribution in [-0.4, -0.2) is 39.8 Å². The van der Waals surface area contributed by atoms with Crippen molar-refractivity contribution in [3.63, 3.8) is 0 Å². The second-order valence-corrected chi connectivity index (χ2v) is 5.13. The van der Waals surface area contributed by atoms with Gasteiger partial charge in [0.05, 0.1) is 0 Å². The summed E-state index contributed by atoms with van der Waals surface area (Å²) >= 11 is 0. The van der Waals surface area contributed by atoms with Gasteiger partial charge in [0.2, 0.25) is 5.91 Å². The number of likely N-dealkylation sites (tertiary alicyclic amines) is 1. The van der Waals surface area contributed by atoms with Gasteiger partial charge in [0.25, 0.3) is 0 Å². The number of fused-ring (bicyclic) bond motifs is 1. The van der Waals surface area contributed by atoms with Crippen molar-refractivity contribution in [2.45, 2.75) is 12.8 Å². The summed E-state index contributed by atoms with van der Waals surface area (Å²) in [6, 6.07) is 4.08. The molecule has 0 saturated carbocycles. The maximum absolute atomic E-state index is 11.8. The maximum atomic E-state index is 11.8. The zero-order valence-corrected chi connectivity index (χ0v) is 10.8. The van der Waals surface area contributed by atoms with Crippen LogP contribution in [0.25, 0.3) is 5.65 Å². The number of hydrogen-bond acceptors (Lipinski definition) is 3. The quantitative estimate of drug-likeness (QED) is 0.877. The molecule has 0 spiro atoms. The molecule has 5 nitrogen and oxygen atoms in total. The molecule has 5 heteroatoms. The van der Waals surface area contributed by atoms with Gasteiger partial charge < -0.3 is 15.0 Å². The average molecular weight is 258 g/mol. The summed E-state index contributed by atoms with van der Waals surface area (Å²) in [6.45, 7) is 2.18. The largest absolute Gasteiger partial charge is 0.342 e. The average Bonchev–Trinajstić information content (AvgIpc) is 3.02. The lowest BCUT2D eigenvalue weighted by Crippen LogP contribution is -2.28. The van der Waals surface area contributed by atoms with Crippen molar-refractivity contribution in [2.75, 3.05) is 19.6 Å². The number of amides is 1. The van der Waals surface area contributed by atoms with Crippen molar-refractivity contribution >= 4 is 11.6 Å². The summed E-state index contributed by atoms with van der Waals surface area (Å²) in [6.07, 6.45) is 7.27. The van der Waals surface area contributed by atoms with Gasteiger partial charge in [-0.15, -0.1) is 0 Å². The minimum absolute atomic E-state index is 0.235. The molecule has 0 aliphatic carbocycles. The van der Waals surface area contributed by atoms with Gasteiger partial charge in [-0.25, -0.2) is 4.98 Å². The van der Waals surface area contributed by atoms with Gasteiger partial charge in [0.1, 0.15) is 5.65 Å². The molecule has 3 rings (SSSR count). The molecule has 0 aromatic carbocycles. The van der Waals surface area contributed by atoms with Crippen LogP contribution in [0, 0.1) is 5.92 Å². The highest BCUT2D eigenvalue weighted by molar-refractivity contribution is 5.78. The standard InChI is InChI=1S/C14H18N4O/c15-8-12-7-14(19)18(10-12)5-3-11-1-2-13-16-4-6-17(13)9-11/h1-2,4,6,9,12H,3,5,7-8,10,15H2. The van der Waals surface area contributed by atoms with Crippen LogP contribution in [0.5, 0.6) is 0 Å². The highest BCUT2D eigenvalue weighted by atomic mass is 16.2. The molecule has 2 aromatic rings. The Morgan fingerprint density at radius 2 is 2.32 bits per heavy atom. The first-order chi connectivity index (χ1) is 9.26. The fourth-order valence-corrected chi connectivity index (χ4v) is 2.61. The summed E-state index contributed by atoms with van der Waals surface area (Å²) in [5.41, 5.74) is 7.79. The van der Waals surface area contributed by atoms with Crippen LogP contribution in [0.2, 0.25) is 0 Å². The summed E-state index contributed by atoms with van der Waals surface area (Å²) in [4.78, 5) is 17.9. The smallest absolute Gasteiger partial charge is 0.222 e. The van der Waals surface area contributed by atoms with Crippen molar-refractivity contribution in [1.29, 1.82) is 0 Å². The predicted octanol–water partition coefficient (Wildman–Crippen LogP) is 0.684. The zero-order chi connectivity index (χ0) is 13.2. The molecule has 1 amide bonds. The fourth-order valence-electron chi connectivity index (χ4n) is 2.61. The van der Waals surface area contributed by atoms with E-state index < -0.39 is 0 Å². The molecule has 0 radical (unpaired) electrons. The van der Waals surface area contributed by atoms with Crippen molar-refractivity contribution in [3.8, 4) is 0 Å². The molecule has 1 atom stereocenters. The fraction of sp³-hybridized carbons (Fsp3) is 0.429. The summed E-state index contributed by atoms with van der Waals surface area (Å²) in [7, 11) is 0. The molecule has 3 heterocycles. The number of nitrogens with two attached hydrogens (primary N) is 1. The van der Waals surface area contributed by atoms with Crippen molar-refractivity contribution in [3.05, 3.63) is 36.3 Å². The Kier molecular flexibility index (Phi) is 3.21. The van der Waals surface area contributed by atoms with E-state index in [1.165, 1.54) is 5.56 Å². The number of hydrogen-bond donors (Lipinski definition) is 1. The Morgan fingerprint density at radius 1 is 1.42 bits per heavy atom. The van der Waals surface area contributed by atoms with Gasteiger partial charge in [0, 0.05) is 38.1 Å². The van der Waals surface area contributed by atoms with Crippen LogP contribution in [0.1, 0.15) is 12.0 Å². The molecule has 1 saturated heterocycles.